The van der Waals surface area contributed by atoms with E-state index in [4.69, 9.17) is 5.73 Å². The van der Waals surface area contributed by atoms with Crippen LogP contribution < -0.4 is 10.6 Å². The van der Waals surface area contributed by atoms with Gasteiger partial charge in [0.15, 0.2) is 0 Å². The van der Waals surface area contributed by atoms with Crippen LogP contribution in [0.5, 0.6) is 0 Å². The maximum Gasteiger partial charge on any atom is 0.254 e. The van der Waals surface area contributed by atoms with E-state index in [-0.39, 0.29) is 11.9 Å². The van der Waals surface area contributed by atoms with Gasteiger partial charge in [0.05, 0.1) is 17.3 Å². The maximum atomic E-state index is 13.4. The molecule has 1 saturated heterocycles. The number of carbonyl (C=O) groups is 2. The molecule has 4 heterocycles. The monoisotopic (exact) mass is 547 g/mol. The second kappa shape index (κ2) is 9.84. The van der Waals surface area contributed by atoms with Gasteiger partial charge in [-0.05, 0) is 61.1 Å². The molecule has 0 spiro atoms. The summed E-state index contributed by atoms with van der Waals surface area (Å²) in [4.78, 5) is 33.4. The van der Waals surface area contributed by atoms with Gasteiger partial charge in [-0.25, -0.2) is 8.42 Å². The quantitative estimate of drug-likeness (QED) is 0.509. The second-order valence-electron chi connectivity index (χ2n) is 10.7. The summed E-state index contributed by atoms with van der Waals surface area (Å²) in [6.07, 6.45) is 6.50. The van der Waals surface area contributed by atoms with Crippen LogP contribution in [0.15, 0.2) is 48.5 Å². The van der Waals surface area contributed by atoms with Crippen LogP contribution in [0.1, 0.15) is 51.2 Å². The van der Waals surface area contributed by atoms with Crippen LogP contribution in [0.3, 0.4) is 0 Å². The van der Waals surface area contributed by atoms with Crippen LogP contribution in [0.25, 0.3) is 16.5 Å². The highest BCUT2D eigenvalue weighted by Crippen LogP contribution is 2.36. The molecule has 1 unspecified atom stereocenters. The lowest BCUT2D eigenvalue weighted by atomic mass is 9.95. The van der Waals surface area contributed by atoms with Crippen LogP contribution in [0.4, 0.5) is 5.69 Å². The summed E-state index contributed by atoms with van der Waals surface area (Å²) in [6, 6.07) is 13.8. The molecule has 2 aromatic carbocycles. The van der Waals surface area contributed by atoms with Crippen LogP contribution in [0, 0.1) is 0 Å². The summed E-state index contributed by atoms with van der Waals surface area (Å²) in [5.41, 5.74) is 11.6. The van der Waals surface area contributed by atoms with Crippen molar-refractivity contribution in [3.63, 3.8) is 0 Å². The number of anilines is 1. The number of benzene rings is 2. The SMILES string of the molecule is CS(=O)(=O)N1CC=C(c2cc3c(N4CCCC(N5CCc6ccccc6C5=O)C4)ccc(C(N)=O)c3[nH]2)CC1. The summed E-state index contributed by atoms with van der Waals surface area (Å²) in [7, 11) is -3.25. The number of nitrogens with one attached hydrogen (secondary N) is 1. The normalized spacial score (nSPS) is 20.7. The first kappa shape index (κ1) is 25.6. The third-order valence-corrected chi connectivity index (χ3v) is 9.60. The summed E-state index contributed by atoms with van der Waals surface area (Å²) in [6.45, 7) is 3.02. The van der Waals surface area contributed by atoms with Crippen molar-refractivity contribution >= 4 is 44.0 Å². The van der Waals surface area contributed by atoms with Gasteiger partial charge in [0.2, 0.25) is 10.0 Å². The number of aromatic amines is 1. The molecule has 2 amide bonds. The summed E-state index contributed by atoms with van der Waals surface area (Å²) >= 11 is 0. The molecule has 3 N–H and O–H groups in total. The summed E-state index contributed by atoms with van der Waals surface area (Å²) < 4.78 is 25.3. The molecule has 0 saturated carbocycles. The standard InChI is InChI=1S/C29H33N5O4S/c1-39(37,38)33-14-10-20(11-15-33)25-17-24-26(9-8-23(28(30)35)27(24)31-25)32-13-4-6-21(18-32)34-16-12-19-5-2-3-7-22(19)29(34)36/h2-3,5,7-10,17,21,31H,4,6,11-16,18H2,1H3,(H2,30,35). The molecule has 39 heavy (non-hydrogen) atoms. The van der Waals surface area contributed by atoms with Crippen molar-refractivity contribution in [2.24, 2.45) is 5.73 Å². The predicted octanol–water partition coefficient (Wildman–Crippen LogP) is 2.98. The molecule has 0 bridgehead atoms. The molecule has 1 aromatic heterocycles. The average Bonchev–Trinajstić information content (AvgIpc) is 3.38. The van der Waals surface area contributed by atoms with Gasteiger partial charge < -0.3 is 20.5 Å². The van der Waals surface area contributed by atoms with E-state index in [9.17, 15) is 18.0 Å². The molecule has 204 valence electrons. The van der Waals surface area contributed by atoms with Gasteiger partial charge in [-0.2, -0.15) is 4.31 Å². The number of nitrogens with two attached hydrogens (primary N) is 1. The third kappa shape index (κ3) is 4.72. The van der Waals surface area contributed by atoms with Crippen molar-refractivity contribution in [2.45, 2.75) is 31.7 Å². The van der Waals surface area contributed by atoms with Crippen molar-refractivity contribution in [3.05, 3.63) is 70.9 Å². The minimum absolute atomic E-state index is 0.104. The van der Waals surface area contributed by atoms with Gasteiger partial charge in [-0.3, -0.25) is 9.59 Å². The Morgan fingerprint density at radius 1 is 1.08 bits per heavy atom. The smallest absolute Gasteiger partial charge is 0.254 e. The Labute approximate surface area is 228 Å². The largest absolute Gasteiger partial charge is 0.369 e. The van der Waals surface area contributed by atoms with Gasteiger partial charge >= 0.3 is 0 Å². The van der Waals surface area contributed by atoms with E-state index >= 15 is 0 Å². The summed E-state index contributed by atoms with van der Waals surface area (Å²) in [5, 5.41) is 0.906. The van der Waals surface area contributed by atoms with Gasteiger partial charge in [0.25, 0.3) is 11.8 Å². The number of H-pyrrole nitrogens is 1. The fraction of sp³-hybridized carbons (Fsp3) is 0.379. The number of nitrogens with zero attached hydrogens (tertiary/aromatic N) is 3. The van der Waals surface area contributed by atoms with E-state index in [0.29, 0.717) is 37.1 Å². The Kier molecular flexibility index (Phi) is 6.47. The lowest BCUT2D eigenvalue weighted by Crippen LogP contribution is -2.52. The molecule has 6 rings (SSSR count). The van der Waals surface area contributed by atoms with Gasteiger partial charge in [0, 0.05) is 61.1 Å². The Morgan fingerprint density at radius 2 is 1.90 bits per heavy atom. The lowest BCUT2D eigenvalue weighted by Gasteiger charge is -2.42. The molecule has 1 fully saturated rings. The number of amides is 2. The first-order valence-corrected chi connectivity index (χ1v) is 15.3. The minimum Gasteiger partial charge on any atom is -0.369 e. The van der Waals surface area contributed by atoms with Crippen LogP contribution in [0.2, 0.25) is 0 Å². The highest BCUT2D eigenvalue weighted by molar-refractivity contribution is 7.88. The van der Waals surface area contributed by atoms with E-state index < -0.39 is 15.9 Å². The van der Waals surface area contributed by atoms with Crippen LogP contribution >= 0.6 is 0 Å². The Bertz CT molecular complexity index is 1610. The fourth-order valence-electron chi connectivity index (χ4n) is 6.28. The number of fused-ring (bicyclic) bond motifs is 2. The van der Waals surface area contributed by atoms with Crippen molar-refractivity contribution < 1.29 is 18.0 Å². The predicted molar refractivity (Wildman–Crippen MR) is 152 cm³/mol. The molecular weight excluding hydrogens is 514 g/mol. The van der Waals surface area contributed by atoms with Crippen molar-refractivity contribution in [2.75, 3.05) is 43.9 Å². The van der Waals surface area contributed by atoms with Crippen molar-refractivity contribution in [1.29, 1.82) is 0 Å². The van der Waals surface area contributed by atoms with E-state index in [1.807, 2.05) is 47.4 Å². The number of primary amides is 1. The molecule has 10 heteroatoms. The van der Waals surface area contributed by atoms with E-state index in [1.54, 1.807) is 6.07 Å². The number of hydrogen-bond donors (Lipinski definition) is 2. The molecule has 3 aliphatic heterocycles. The number of piperidine rings is 1. The van der Waals surface area contributed by atoms with Gasteiger partial charge in [-0.15, -0.1) is 0 Å². The fourth-order valence-corrected chi connectivity index (χ4v) is 7.04. The highest BCUT2D eigenvalue weighted by Gasteiger charge is 2.33. The number of aromatic nitrogens is 1. The Balaban J connectivity index is 1.31. The molecule has 1 atom stereocenters. The number of carbonyl (C=O) groups excluding carboxylic acids is 2. The van der Waals surface area contributed by atoms with E-state index in [2.05, 4.69) is 9.88 Å². The maximum absolute atomic E-state index is 13.4. The van der Waals surface area contributed by atoms with E-state index in [1.165, 1.54) is 10.6 Å². The number of sulfonamides is 1. The first-order chi connectivity index (χ1) is 18.7. The Hall–Kier alpha value is -3.63. The molecular formula is C29H33N5O4S. The van der Waals surface area contributed by atoms with Crippen molar-refractivity contribution in [1.82, 2.24) is 14.2 Å². The Morgan fingerprint density at radius 3 is 2.64 bits per heavy atom. The number of rotatable bonds is 5. The molecule has 3 aliphatic rings. The molecule has 9 nitrogen and oxygen atoms in total. The van der Waals surface area contributed by atoms with E-state index in [0.717, 1.165) is 65.8 Å². The molecule has 0 aliphatic carbocycles. The summed E-state index contributed by atoms with van der Waals surface area (Å²) in [5.74, 6) is -0.399. The second-order valence-corrected chi connectivity index (χ2v) is 12.7. The number of hydrogen-bond acceptors (Lipinski definition) is 5. The van der Waals surface area contributed by atoms with Gasteiger partial charge in [0.1, 0.15) is 0 Å². The lowest BCUT2D eigenvalue weighted by molar-refractivity contribution is 0.0641. The molecule has 0 radical (unpaired) electrons. The topological polar surface area (TPSA) is 120 Å². The third-order valence-electron chi connectivity index (χ3n) is 8.33. The van der Waals surface area contributed by atoms with Crippen LogP contribution in [-0.2, 0) is 16.4 Å². The average molecular weight is 548 g/mol. The van der Waals surface area contributed by atoms with Crippen LogP contribution in [-0.4, -0.2) is 79.4 Å². The molecule has 3 aromatic rings. The zero-order chi connectivity index (χ0) is 27.3. The van der Waals surface area contributed by atoms with Crippen molar-refractivity contribution in [3.8, 4) is 0 Å². The minimum atomic E-state index is -3.25. The van der Waals surface area contributed by atoms with Gasteiger partial charge in [-0.1, -0.05) is 24.3 Å². The first-order valence-electron chi connectivity index (χ1n) is 13.4. The zero-order valence-corrected chi connectivity index (χ0v) is 22.8. The zero-order valence-electron chi connectivity index (χ0n) is 22.0. The highest BCUT2D eigenvalue weighted by atomic mass is 32.2.